The summed E-state index contributed by atoms with van der Waals surface area (Å²) in [6.45, 7) is -0.0227. The first kappa shape index (κ1) is 9.50. The molecule has 1 amide bonds. The summed E-state index contributed by atoms with van der Waals surface area (Å²) in [6, 6.07) is -1.21. The predicted molar refractivity (Wildman–Crippen MR) is 40.4 cm³/mol. The number of hydrogen-bond acceptors (Lipinski definition) is 3. The van der Waals surface area contributed by atoms with E-state index in [4.69, 9.17) is 10.2 Å². The zero-order valence-corrected chi connectivity index (χ0v) is 6.77. The van der Waals surface area contributed by atoms with E-state index in [-0.39, 0.29) is 25.2 Å². The fourth-order valence-electron chi connectivity index (χ4n) is 1.28. The number of carbonyl (C=O) groups is 3. The molecule has 0 unspecified atom stereocenters. The standard InChI is InChI=1S/C7H9NO5/c9-4-1-2-8(7(12)13)5(3-4)6(10)11/h5H,1-3H2,(H,10,11)(H,12,13)/t5-/m1/s1. The van der Waals surface area contributed by atoms with Gasteiger partial charge in [0.15, 0.2) is 0 Å². The lowest BCUT2D eigenvalue weighted by atomic mass is 10.0. The first-order valence-corrected chi connectivity index (χ1v) is 3.76. The molecule has 0 spiro atoms. The second-order valence-corrected chi connectivity index (χ2v) is 2.82. The van der Waals surface area contributed by atoms with Crippen molar-refractivity contribution in [2.24, 2.45) is 0 Å². The van der Waals surface area contributed by atoms with Gasteiger partial charge in [0.1, 0.15) is 11.8 Å². The van der Waals surface area contributed by atoms with E-state index in [1.165, 1.54) is 0 Å². The van der Waals surface area contributed by atoms with Crippen LogP contribution in [0.1, 0.15) is 12.8 Å². The Morgan fingerprint density at radius 1 is 1.38 bits per heavy atom. The van der Waals surface area contributed by atoms with Crippen LogP contribution in [0.4, 0.5) is 4.79 Å². The number of carbonyl (C=O) groups excluding carboxylic acids is 1. The number of nitrogens with zero attached hydrogens (tertiary/aromatic N) is 1. The molecule has 72 valence electrons. The van der Waals surface area contributed by atoms with Crippen LogP contribution in [-0.2, 0) is 9.59 Å². The van der Waals surface area contributed by atoms with Gasteiger partial charge >= 0.3 is 12.1 Å². The third-order valence-corrected chi connectivity index (χ3v) is 1.96. The van der Waals surface area contributed by atoms with E-state index >= 15 is 0 Å². The highest BCUT2D eigenvalue weighted by atomic mass is 16.4. The number of ketones is 1. The third kappa shape index (κ3) is 1.95. The van der Waals surface area contributed by atoms with Crippen LogP contribution >= 0.6 is 0 Å². The van der Waals surface area contributed by atoms with E-state index in [9.17, 15) is 14.4 Å². The van der Waals surface area contributed by atoms with Gasteiger partial charge in [-0.1, -0.05) is 0 Å². The number of rotatable bonds is 1. The molecule has 2 N–H and O–H groups in total. The van der Waals surface area contributed by atoms with Crippen molar-refractivity contribution < 1.29 is 24.6 Å². The first-order valence-electron chi connectivity index (χ1n) is 3.76. The summed E-state index contributed by atoms with van der Waals surface area (Å²) < 4.78 is 0. The van der Waals surface area contributed by atoms with E-state index in [1.807, 2.05) is 0 Å². The van der Waals surface area contributed by atoms with Crippen LogP contribution < -0.4 is 0 Å². The van der Waals surface area contributed by atoms with E-state index in [0.29, 0.717) is 0 Å². The molecule has 1 fully saturated rings. The molecule has 1 atom stereocenters. The minimum absolute atomic E-state index is 0.0227. The molecule has 0 radical (unpaired) electrons. The second-order valence-electron chi connectivity index (χ2n) is 2.82. The number of carboxylic acids is 1. The molecular weight excluding hydrogens is 178 g/mol. The van der Waals surface area contributed by atoms with Crippen LogP contribution in [0, 0.1) is 0 Å². The maximum absolute atomic E-state index is 10.9. The minimum Gasteiger partial charge on any atom is -0.480 e. The van der Waals surface area contributed by atoms with Crippen molar-refractivity contribution in [3.63, 3.8) is 0 Å². The Morgan fingerprint density at radius 2 is 2.00 bits per heavy atom. The Balaban J connectivity index is 2.77. The number of piperidine rings is 1. The molecule has 0 aliphatic carbocycles. The lowest BCUT2D eigenvalue weighted by Crippen LogP contribution is -2.49. The fraction of sp³-hybridized carbons (Fsp3) is 0.571. The zero-order valence-electron chi connectivity index (χ0n) is 6.77. The molecule has 13 heavy (non-hydrogen) atoms. The van der Waals surface area contributed by atoms with E-state index in [2.05, 4.69) is 0 Å². The van der Waals surface area contributed by atoms with E-state index in [1.54, 1.807) is 0 Å². The van der Waals surface area contributed by atoms with Crippen LogP contribution in [0.2, 0.25) is 0 Å². The number of aliphatic carboxylic acids is 1. The van der Waals surface area contributed by atoms with Crippen LogP contribution in [0.3, 0.4) is 0 Å². The van der Waals surface area contributed by atoms with Gasteiger partial charge in [0.25, 0.3) is 0 Å². The maximum atomic E-state index is 10.9. The Morgan fingerprint density at radius 3 is 2.46 bits per heavy atom. The van der Waals surface area contributed by atoms with Crippen molar-refractivity contribution in [1.82, 2.24) is 4.90 Å². The lowest BCUT2D eigenvalue weighted by Gasteiger charge is -2.29. The highest BCUT2D eigenvalue weighted by Gasteiger charge is 2.35. The van der Waals surface area contributed by atoms with Crippen molar-refractivity contribution in [3.05, 3.63) is 0 Å². The Labute approximate surface area is 73.8 Å². The summed E-state index contributed by atoms with van der Waals surface area (Å²) in [5, 5.41) is 17.2. The SMILES string of the molecule is O=C1CCN(C(=O)O)[C@@H](C(=O)O)C1. The van der Waals surface area contributed by atoms with Gasteiger partial charge in [0.2, 0.25) is 0 Å². The molecule has 0 aromatic rings. The molecule has 1 rings (SSSR count). The number of amides is 1. The maximum Gasteiger partial charge on any atom is 0.408 e. The number of hydrogen-bond donors (Lipinski definition) is 2. The average Bonchev–Trinajstić information content (AvgIpc) is 2.03. The molecule has 1 saturated heterocycles. The monoisotopic (exact) mass is 187 g/mol. The summed E-state index contributed by atoms with van der Waals surface area (Å²) in [6.07, 6.45) is -1.41. The van der Waals surface area contributed by atoms with Crippen LogP contribution in [0.5, 0.6) is 0 Å². The van der Waals surface area contributed by atoms with Crippen LogP contribution in [0.15, 0.2) is 0 Å². The van der Waals surface area contributed by atoms with Gasteiger partial charge in [-0.3, -0.25) is 9.69 Å². The summed E-state index contributed by atoms with van der Waals surface area (Å²) in [5.74, 6) is -1.47. The average molecular weight is 187 g/mol. The first-order chi connectivity index (χ1) is 6.02. The summed E-state index contributed by atoms with van der Waals surface area (Å²) >= 11 is 0. The van der Waals surface area contributed by atoms with Gasteiger partial charge in [0, 0.05) is 19.4 Å². The summed E-state index contributed by atoms with van der Waals surface area (Å²) in [5.41, 5.74) is 0. The number of Topliss-reactive ketones (excluding diaryl/α,β-unsaturated/α-hetero) is 1. The highest BCUT2D eigenvalue weighted by molar-refractivity contribution is 5.90. The number of likely N-dealkylation sites (tertiary alicyclic amines) is 1. The Kier molecular flexibility index (Phi) is 2.50. The van der Waals surface area contributed by atoms with Crippen molar-refractivity contribution in [1.29, 1.82) is 0 Å². The molecule has 0 bridgehead atoms. The van der Waals surface area contributed by atoms with Crippen LogP contribution in [0.25, 0.3) is 0 Å². The van der Waals surface area contributed by atoms with Crippen molar-refractivity contribution in [2.45, 2.75) is 18.9 Å². The Bertz CT molecular complexity index is 262. The lowest BCUT2D eigenvalue weighted by molar-refractivity contribution is -0.146. The number of carboxylic acid groups (broad SMARTS) is 2. The molecule has 0 aromatic carbocycles. The largest absolute Gasteiger partial charge is 0.480 e. The molecule has 1 heterocycles. The molecule has 1 aliphatic rings. The smallest absolute Gasteiger partial charge is 0.408 e. The topological polar surface area (TPSA) is 94.9 Å². The minimum atomic E-state index is -1.29. The van der Waals surface area contributed by atoms with Gasteiger partial charge in [-0.25, -0.2) is 9.59 Å². The predicted octanol–water partition coefficient (Wildman–Crippen LogP) is -0.218. The molecule has 0 aromatic heterocycles. The normalized spacial score (nSPS) is 22.9. The summed E-state index contributed by atoms with van der Waals surface area (Å²) in [7, 11) is 0. The second kappa shape index (κ2) is 3.42. The van der Waals surface area contributed by atoms with Gasteiger partial charge in [-0.2, -0.15) is 0 Å². The Hall–Kier alpha value is -1.59. The molecule has 1 aliphatic heterocycles. The van der Waals surface area contributed by atoms with Gasteiger partial charge in [0.05, 0.1) is 0 Å². The zero-order chi connectivity index (χ0) is 10.0. The third-order valence-electron chi connectivity index (χ3n) is 1.96. The quantitative estimate of drug-likeness (QED) is 0.591. The molecular formula is C7H9NO5. The fourth-order valence-corrected chi connectivity index (χ4v) is 1.28. The molecule has 6 heteroatoms. The molecule has 6 nitrogen and oxygen atoms in total. The van der Waals surface area contributed by atoms with Crippen molar-refractivity contribution >= 4 is 17.8 Å². The van der Waals surface area contributed by atoms with Gasteiger partial charge in [-0.15, -0.1) is 0 Å². The summed E-state index contributed by atoms with van der Waals surface area (Å²) in [4.78, 5) is 32.7. The van der Waals surface area contributed by atoms with E-state index < -0.39 is 18.1 Å². The van der Waals surface area contributed by atoms with E-state index in [0.717, 1.165) is 4.90 Å². The van der Waals surface area contributed by atoms with Gasteiger partial charge in [-0.05, 0) is 0 Å². The highest BCUT2D eigenvalue weighted by Crippen LogP contribution is 2.14. The van der Waals surface area contributed by atoms with Crippen molar-refractivity contribution in [2.75, 3.05) is 6.54 Å². The van der Waals surface area contributed by atoms with Gasteiger partial charge < -0.3 is 10.2 Å². The van der Waals surface area contributed by atoms with Crippen LogP contribution in [-0.4, -0.2) is 45.5 Å². The van der Waals surface area contributed by atoms with Crippen molar-refractivity contribution in [3.8, 4) is 0 Å². The molecule has 0 saturated carbocycles.